The Morgan fingerprint density at radius 2 is 1.62 bits per heavy atom. The van der Waals surface area contributed by atoms with Gasteiger partial charge in [-0.15, -0.1) is 11.6 Å². The monoisotopic (exact) mass is 484 g/mol. The molecule has 2 heterocycles. The molecule has 182 valence electrons. The highest BCUT2D eigenvalue weighted by atomic mass is 35.5. The van der Waals surface area contributed by atoms with Crippen molar-refractivity contribution in [3.63, 3.8) is 0 Å². The lowest BCUT2D eigenvalue weighted by Gasteiger charge is -2.39. The number of halogens is 1. The van der Waals surface area contributed by atoms with Crippen molar-refractivity contribution in [2.75, 3.05) is 67.4 Å². The molecular weight excluding hydrogens is 452 g/mol. The van der Waals surface area contributed by atoms with Crippen LogP contribution in [0.3, 0.4) is 0 Å². The molecule has 2 aromatic rings. The Labute approximate surface area is 206 Å². The van der Waals surface area contributed by atoms with E-state index >= 15 is 0 Å². The van der Waals surface area contributed by atoms with E-state index < -0.39 is 0 Å². The van der Waals surface area contributed by atoms with Crippen molar-refractivity contribution < 1.29 is 14.3 Å². The summed E-state index contributed by atoms with van der Waals surface area (Å²) in [6.07, 6.45) is 2.03. The second kappa shape index (κ2) is 11.0. The summed E-state index contributed by atoms with van der Waals surface area (Å²) in [5.41, 5.74) is 3.22. The molecule has 0 bridgehead atoms. The van der Waals surface area contributed by atoms with E-state index in [9.17, 15) is 9.59 Å². The number of amides is 2. The minimum atomic E-state index is -0.287. The number of piperazine rings is 1. The highest BCUT2D eigenvalue weighted by Gasteiger charge is 2.27. The maximum atomic E-state index is 13.6. The third kappa shape index (κ3) is 5.41. The lowest BCUT2D eigenvalue weighted by molar-refractivity contribution is -0.113. The fraction of sp³-hybridized carbons (Fsp3) is 0.462. The number of ether oxygens (including phenoxy) is 1. The summed E-state index contributed by atoms with van der Waals surface area (Å²) in [6.45, 7) is 6.96. The van der Waals surface area contributed by atoms with Gasteiger partial charge in [-0.1, -0.05) is 19.1 Å². The highest BCUT2D eigenvalue weighted by molar-refractivity contribution is 6.29. The first-order valence-corrected chi connectivity index (χ1v) is 12.5. The number of likely N-dealkylation sites (tertiary alicyclic amines) is 1. The zero-order valence-corrected chi connectivity index (χ0v) is 20.7. The fourth-order valence-electron chi connectivity index (χ4n) is 4.72. The lowest BCUT2D eigenvalue weighted by Crippen LogP contribution is -2.47. The van der Waals surface area contributed by atoms with Gasteiger partial charge in [-0.25, -0.2) is 0 Å². The van der Waals surface area contributed by atoms with Gasteiger partial charge in [-0.3, -0.25) is 9.59 Å². The summed E-state index contributed by atoms with van der Waals surface area (Å²) < 4.78 is 5.54. The van der Waals surface area contributed by atoms with Crippen LogP contribution in [-0.2, 0) is 4.79 Å². The number of carbonyl (C=O) groups excluding carboxylic acids is 2. The zero-order chi connectivity index (χ0) is 24.1. The Hall–Kier alpha value is -2.93. The molecule has 34 heavy (non-hydrogen) atoms. The van der Waals surface area contributed by atoms with Crippen LogP contribution in [0.5, 0.6) is 5.75 Å². The fourth-order valence-corrected chi connectivity index (χ4v) is 4.78. The van der Waals surface area contributed by atoms with Crippen molar-refractivity contribution >= 4 is 40.5 Å². The van der Waals surface area contributed by atoms with Crippen molar-refractivity contribution in [3.05, 3.63) is 48.0 Å². The third-order valence-electron chi connectivity index (χ3n) is 6.75. The largest absolute Gasteiger partial charge is 0.495 e. The van der Waals surface area contributed by atoms with Gasteiger partial charge in [0.1, 0.15) is 11.6 Å². The van der Waals surface area contributed by atoms with Gasteiger partial charge in [0.05, 0.1) is 18.4 Å². The standard InChI is InChI=1S/C26H33ClN4O3/c1-19-9-11-31(12-10-19)26(33)21-17-20(28-25(32)18-27)7-8-22(21)29-13-15-30(16-14-29)23-5-3-4-6-24(23)34-2/h3-8,17,19H,9-16,18H2,1-2H3,(H,28,32). The van der Waals surface area contributed by atoms with Crippen LogP contribution in [0.2, 0.25) is 0 Å². The van der Waals surface area contributed by atoms with Crippen molar-refractivity contribution in [3.8, 4) is 5.75 Å². The van der Waals surface area contributed by atoms with E-state index in [0.29, 0.717) is 17.2 Å². The number of carbonyl (C=O) groups is 2. The van der Waals surface area contributed by atoms with E-state index in [2.05, 4.69) is 28.1 Å². The molecule has 0 aliphatic carbocycles. The Balaban J connectivity index is 1.55. The van der Waals surface area contributed by atoms with Crippen LogP contribution >= 0.6 is 11.6 Å². The number of nitrogens with one attached hydrogen (secondary N) is 1. The quantitative estimate of drug-likeness (QED) is 0.626. The molecule has 2 amide bonds. The van der Waals surface area contributed by atoms with Crippen LogP contribution < -0.4 is 19.9 Å². The van der Waals surface area contributed by atoms with E-state index in [1.807, 2.05) is 35.2 Å². The van der Waals surface area contributed by atoms with Gasteiger partial charge < -0.3 is 24.8 Å². The van der Waals surface area contributed by atoms with Gasteiger partial charge in [0, 0.05) is 50.6 Å². The molecule has 0 radical (unpaired) electrons. The average molecular weight is 485 g/mol. The van der Waals surface area contributed by atoms with Gasteiger partial charge >= 0.3 is 0 Å². The van der Waals surface area contributed by atoms with Gasteiger partial charge in [0.15, 0.2) is 0 Å². The maximum absolute atomic E-state index is 13.6. The predicted molar refractivity (Wildman–Crippen MR) is 138 cm³/mol. The van der Waals surface area contributed by atoms with Crippen LogP contribution in [0.1, 0.15) is 30.1 Å². The topological polar surface area (TPSA) is 65.1 Å². The molecule has 7 nitrogen and oxygen atoms in total. The van der Waals surface area contributed by atoms with Crippen LogP contribution in [0.25, 0.3) is 0 Å². The Bertz CT molecular complexity index is 1010. The number of hydrogen-bond acceptors (Lipinski definition) is 5. The molecule has 2 aromatic carbocycles. The number of alkyl halides is 1. The molecule has 0 atom stereocenters. The number of hydrogen-bond donors (Lipinski definition) is 1. The third-order valence-corrected chi connectivity index (χ3v) is 6.99. The first-order chi connectivity index (χ1) is 16.5. The van der Waals surface area contributed by atoms with Crippen LogP contribution in [0, 0.1) is 5.92 Å². The molecular formula is C26H33ClN4O3. The summed E-state index contributed by atoms with van der Waals surface area (Å²) in [6, 6.07) is 13.6. The van der Waals surface area contributed by atoms with Gasteiger partial charge in [0.25, 0.3) is 5.91 Å². The molecule has 0 aromatic heterocycles. The van der Waals surface area contributed by atoms with E-state index in [-0.39, 0.29) is 17.7 Å². The second-order valence-corrected chi connectivity index (χ2v) is 9.30. The minimum Gasteiger partial charge on any atom is -0.495 e. The van der Waals surface area contributed by atoms with Crippen molar-refractivity contribution in [2.24, 2.45) is 5.92 Å². The number of anilines is 3. The van der Waals surface area contributed by atoms with Crippen molar-refractivity contribution in [1.29, 1.82) is 0 Å². The zero-order valence-electron chi connectivity index (χ0n) is 19.9. The van der Waals surface area contributed by atoms with E-state index in [0.717, 1.165) is 69.2 Å². The highest BCUT2D eigenvalue weighted by Crippen LogP contribution is 2.32. The summed E-state index contributed by atoms with van der Waals surface area (Å²) in [5.74, 6) is 1.12. The molecule has 0 spiro atoms. The first kappa shape index (κ1) is 24.2. The van der Waals surface area contributed by atoms with Gasteiger partial charge in [-0.05, 0) is 49.1 Å². The van der Waals surface area contributed by atoms with E-state index in [1.54, 1.807) is 13.2 Å². The average Bonchev–Trinajstić information content (AvgIpc) is 2.88. The van der Waals surface area contributed by atoms with Crippen LogP contribution in [0.15, 0.2) is 42.5 Å². The molecule has 1 N–H and O–H groups in total. The Kier molecular flexibility index (Phi) is 7.83. The molecule has 0 saturated carbocycles. The van der Waals surface area contributed by atoms with Crippen LogP contribution in [0.4, 0.5) is 17.1 Å². The van der Waals surface area contributed by atoms with E-state index in [4.69, 9.17) is 16.3 Å². The number of methoxy groups -OCH3 is 1. The number of rotatable bonds is 6. The molecule has 2 aliphatic rings. The van der Waals surface area contributed by atoms with Crippen molar-refractivity contribution in [2.45, 2.75) is 19.8 Å². The predicted octanol–water partition coefficient (Wildman–Crippen LogP) is 4.07. The molecule has 2 fully saturated rings. The maximum Gasteiger partial charge on any atom is 0.256 e. The second-order valence-electron chi connectivity index (χ2n) is 9.03. The van der Waals surface area contributed by atoms with Crippen LogP contribution in [-0.4, -0.2) is 69.0 Å². The summed E-state index contributed by atoms with van der Waals surface area (Å²) in [4.78, 5) is 31.9. The summed E-state index contributed by atoms with van der Waals surface area (Å²) >= 11 is 5.67. The molecule has 2 aliphatic heterocycles. The Morgan fingerprint density at radius 3 is 2.26 bits per heavy atom. The lowest BCUT2D eigenvalue weighted by atomic mass is 9.98. The van der Waals surface area contributed by atoms with Crippen molar-refractivity contribution in [1.82, 2.24) is 4.90 Å². The normalized spacial score (nSPS) is 17.0. The van der Waals surface area contributed by atoms with Gasteiger partial charge in [0.2, 0.25) is 5.91 Å². The Morgan fingerprint density at radius 1 is 0.971 bits per heavy atom. The first-order valence-electron chi connectivity index (χ1n) is 11.9. The van der Waals surface area contributed by atoms with E-state index in [1.165, 1.54) is 0 Å². The number of para-hydroxylation sites is 2. The number of piperidine rings is 1. The summed E-state index contributed by atoms with van der Waals surface area (Å²) in [5, 5.41) is 2.79. The summed E-state index contributed by atoms with van der Waals surface area (Å²) in [7, 11) is 1.69. The molecule has 4 rings (SSSR count). The minimum absolute atomic E-state index is 0.0241. The smallest absolute Gasteiger partial charge is 0.256 e. The molecule has 0 unspecified atom stereocenters. The number of benzene rings is 2. The molecule has 8 heteroatoms. The van der Waals surface area contributed by atoms with Gasteiger partial charge in [-0.2, -0.15) is 0 Å². The molecule has 2 saturated heterocycles. The number of nitrogens with zero attached hydrogens (tertiary/aromatic N) is 3. The SMILES string of the molecule is COc1ccccc1N1CCN(c2ccc(NC(=O)CCl)cc2C(=O)N2CCC(C)CC2)CC1.